The van der Waals surface area contributed by atoms with E-state index in [2.05, 4.69) is 22.9 Å². The van der Waals surface area contributed by atoms with Crippen molar-refractivity contribution in [3.05, 3.63) is 74.4 Å². The molecule has 4 heterocycles. The van der Waals surface area contributed by atoms with E-state index in [1.807, 2.05) is 45.0 Å². The van der Waals surface area contributed by atoms with Gasteiger partial charge in [0, 0.05) is 43.6 Å². The lowest BCUT2D eigenvalue weighted by Gasteiger charge is -2.41. The van der Waals surface area contributed by atoms with Crippen LogP contribution in [0.25, 0.3) is 5.69 Å². The molecule has 0 N–H and O–H groups in total. The number of rotatable bonds is 2. The first-order valence-electron chi connectivity index (χ1n) is 11.1. The first-order chi connectivity index (χ1) is 15.3. The van der Waals surface area contributed by atoms with E-state index in [4.69, 9.17) is 21.3 Å². The van der Waals surface area contributed by atoms with E-state index < -0.39 is 0 Å². The molecule has 0 unspecified atom stereocenters. The number of aromatic nitrogens is 3. The maximum Gasteiger partial charge on any atom is 0.263 e. The molecule has 1 aromatic carbocycles. The van der Waals surface area contributed by atoms with Crippen LogP contribution in [-0.4, -0.2) is 33.2 Å². The van der Waals surface area contributed by atoms with Crippen LogP contribution in [0.3, 0.4) is 0 Å². The van der Waals surface area contributed by atoms with E-state index in [9.17, 15) is 4.79 Å². The molecule has 0 saturated carbocycles. The molecule has 32 heavy (non-hydrogen) atoms. The number of piperidine rings is 1. The number of halogens is 1. The van der Waals surface area contributed by atoms with Gasteiger partial charge in [-0.2, -0.15) is 0 Å². The summed E-state index contributed by atoms with van der Waals surface area (Å²) in [7, 11) is 0. The number of benzene rings is 1. The molecule has 6 nitrogen and oxygen atoms in total. The molecule has 0 aliphatic carbocycles. The molecule has 2 aliphatic rings. The second-order valence-corrected chi connectivity index (χ2v) is 9.31. The van der Waals surface area contributed by atoms with Crippen LogP contribution in [0.15, 0.2) is 41.3 Å². The van der Waals surface area contributed by atoms with Gasteiger partial charge in [-0.3, -0.25) is 9.36 Å². The summed E-state index contributed by atoms with van der Waals surface area (Å²) in [5.41, 5.74) is 3.10. The van der Waals surface area contributed by atoms with E-state index in [0.717, 1.165) is 43.2 Å². The monoisotopic (exact) mass is 450 g/mol. The van der Waals surface area contributed by atoms with E-state index in [-0.39, 0.29) is 11.2 Å². The molecule has 166 valence electrons. The SMILES string of the molecule is Cc1cccc(-n2c(C)nc(N3CCC4(CC3)Oc3ncccc3[C@@H]4C)c(C)c2=O)c1Cl. The van der Waals surface area contributed by atoms with Crippen LogP contribution >= 0.6 is 11.6 Å². The van der Waals surface area contributed by atoms with Crippen molar-refractivity contribution >= 4 is 17.4 Å². The van der Waals surface area contributed by atoms with Crippen LogP contribution in [-0.2, 0) is 0 Å². The Morgan fingerprint density at radius 3 is 2.59 bits per heavy atom. The second-order valence-electron chi connectivity index (χ2n) is 8.93. The Labute approximate surface area is 192 Å². The van der Waals surface area contributed by atoms with Crippen molar-refractivity contribution in [3.63, 3.8) is 0 Å². The van der Waals surface area contributed by atoms with E-state index in [0.29, 0.717) is 28.0 Å². The van der Waals surface area contributed by atoms with Crippen LogP contribution in [0.5, 0.6) is 5.88 Å². The number of aryl methyl sites for hydroxylation is 2. The van der Waals surface area contributed by atoms with Crippen LogP contribution in [0.2, 0.25) is 5.02 Å². The highest BCUT2D eigenvalue weighted by atomic mass is 35.5. The first kappa shape index (κ1) is 21.0. The molecule has 0 radical (unpaired) electrons. The van der Waals surface area contributed by atoms with Gasteiger partial charge in [-0.25, -0.2) is 9.97 Å². The molecule has 2 aliphatic heterocycles. The molecule has 2 aromatic heterocycles. The minimum absolute atomic E-state index is 0.0811. The van der Waals surface area contributed by atoms with Crippen molar-refractivity contribution in [2.75, 3.05) is 18.0 Å². The Hall–Kier alpha value is -2.86. The number of nitrogens with zero attached hydrogens (tertiary/aromatic N) is 4. The molecule has 5 rings (SSSR count). The lowest BCUT2D eigenvalue weighted by molar-refractivity contribution is 0.0430. The van der Waals surface area contributed by atoms with Gasteiger partial charge in [-0.05, 0) is 38.5 Å². The summed E-state index contributed by atoms with van der Waals surface area (Å²) in [5, 5.41) is 0.576. The predicted molar refractivity (Wildman–Crippen MR) is 127 cm³/mol. The molecule has 1 spiro atoms. The standard InChI is InChI=1S/C25H27ClN4O2/c1-15-7-5-9-20(21(15)26)30-18(4)28-22(16(2)24(30)31)29-13-10-25(11-14-29)17(3)19-8-6-12-27-23(19)32-25/h5-9,12,17H,10-11,13-14H2,1-4H3/t17-/m0/s1. The van der Waals surface area contributed by atoms with Crippen LogP contribution < -0.4 is 15.2 Å². The normalized spacial score (nSPS) is 19.2. The fourth-order valence-electron chi connectivity index (χ4n) is 5.11. The van der Waals surface area contributed by atoms with Gasteiger partial charge in [0.05, 0.1) is 16.3 Å². The van der Waals surface area contributed by atoms with Crippen LogP contribution in [0, 0.1) is 20.8 Å². The summed E-state index contributed by atoms with van der Waals surface area (Å²) < 4.78 is 7.99. The third-order valence-corrected chi connectivity index (χ3v) is 7.62. The van der Waals surface area contributed by atoms with Gasteiger partial charge in [0.15, 0.2) is 0 Å². The van der Waals surface area contributed by atoms with Gasteiger partial charge in [0.25, 0.3) is 5.56 Å². The highest BCUT2D eigenvalue weighted by Crippen LogP contribution is 2.48. The van der Waals surface area contributed by atoms with Crippen molar-refractivity contribution in [2.24, 2.45) is 0 Å². The molecular formula is C25H27ClN4O2. The Kier molecular flexibility index (Phi) is 5.01. The van der Waals surface area contributed by atoms with Crippen LogP contribution in [0.4, 0.5) is 5.82 Å². The molecule has 3 aromatic rings. The zero-order valence-corrected chi connectivity index (χ0v) is 19.6. The quantitative estimate of drug-likeness (QED) is 0.564. The summed E-state index contributed by atoms with van der Waals surface area (Å²) in [6, 6.07) is 9.78. The average molecular weight is 451 g/mol. The number of hydrogen-bond donors (Lipinski definition) is 0. The molecule has 1 fully saturated rings. The van der Waals surface area contributed by atoms with E-state index in [1.165, 1.54) is 5.56 Å². The Balaban J connectivity index is 1.44. The fraction of sp³-hybridized carbons (Fsp3) is 0.400. The zero-order valence-electron chi connectivity index (χ0n) is 18.9. The van der Waals surface area contributed by atoms with Crippen molar-refractivity contribution in [3.8, 4) is 11.6 Å². The van der Waals surface area contributed by atoms with E-state index in [1.54, 1.807) is 10.8 Å². The lowest BCUT2D eigenvalue weighted by atomic mass is 9.79. The van der Waals surface area contributed by atoms with Gasteiger partial charge in [-0.1, -0.05) is 36.7 Å². The number of anilines is 1. The molecule has 1 saturated heterocycles. The Bertz CT molecular complexity index is 1260. The van der Waals surface area contributed by atoms with Crippen molar-refractivity contribution in [2.45, 2.75) is 52.1 Å². The summed E-state index contributed by atoms with van der Waals surface area (Å²) in [6.45, 7) is 9.43. The molecule has 7 heteroatoms. The second kappa shape index (κ2) is 7.62. The smallest absolute Gasteiger partial charge is 0.263 e. The summed E-state index contributed by atoms with van der Waals surface area (Å²) in [5.74, 6) is 2.44. The third kappa shape index (κ3) is 3.12. The number of ether oxygens (including phenoxy) is 1. The fourth-order valence-corrected chi connectivity index (χ4v) is 5.32. The molecule has 1 atom stereocenters. The largest absolute Gasteiger partial charge is 0.470 e. The van der Waals surface area contributed by atoms with E-state index >= 15 is 0 Å². The Morgan fingerprint density at radius 1 is 1.12 bits per heavy atom. The number of hydrogen-bond acceptors (Lipinski definition) is 5. The van der Waals surface area contributed by atoms with Crippen LogP contribution in [0.1, 0.15) is 48.2 Å². The summed E-state index contributed by atoms with van der Waals surface area (Å²) >= 11 is 6.52. The lowest BCUT2D eigenvalue weighted by Crippen LogP contribution is -2.49. The highest BCUT2D eigenvalue weighted by Gasteiger charge is 2.48. The summed E-state index contributed by atoms with van der Waals surface area (Å²) in [6.07, 6.45) is 3.50. The molecule has 0 bridgehead atoms. The average Bonchev–Trinajstić information content (AvgIpc) is 3.06. The minimum atomic E-state index is -0.236. The summed E-state index contributed by atoms with van der Waals surface area (Å²) in [4.78, 5) is 24.9. The molecular weight excluding hydrogens is 424 g/mol. The van der Waals surface area contributed by atoms with Gasteiger partial charge in [0.2, 0.25) is 5.88 Å². The van der Waals surface area contributed by atoms with Crippen molar-refractivity contribution in [1.29, 1.82) is 0 Å². The highest BCUT2D eigenvalue weighted by molar-refractivity contribution is 6.33. The zero-order chi connectivity index (χ0) is 22.6. The minimum Gasteiger partial charge on any atom is -0.470 e. The third-order valence-electron chi connectivity index (χ3n) is 7.13. The van der Waals surface area contributed by atoms with Crippen molar-refractivity contribution < 1.29 is 4.74 Å². The van der Waals surface area contributed by atoms with Gasteiger partial charge < -0.3 is 9.64 Å². The first-order valence-corrected chi connectivity index (χ1v) is 11.4. The van der Waals surface area contributed by atoms with Gasteiger partial charge >= 0.3 is 0 Å². The number of fused-ring (bicyclic) bond motifs is 1. The predicted octanol–water partition coefficient (Wildman–Crippen LogP) is 4.74. The maximum atomic E-state index is 13.4. The molecule has 0 amide bonds. The van der Waals surface area contributed by atoms with Gasteiger partial charge in [0.1, 0.15) is 17.2 Å². The van der Waals surface area contributed by atoms with Crippen molar-refractivity contribution in [1.82, 2.24) is 14.5 Å². The topological polar surface area (TPSA) is 60.3 Å². The van der Waals surface area contributed by atoms with Gasteiger partial charge in [-0.15, -0.1) is 0 Å². The Morgan fingerprint density at radius 2 is 1.88 bits per heavy atom. The maximum absolute atomic E-state index is 13.4. The number of pyridine rings is 1.